The Kier molecular flexibility index (Phi) is 4.49. The van der Waals surface area contributed by atoms with Crippen LogP contribution in [0.25, 0.3) is 11.4 Å². The number of nitrogens with zero attached hydrogens (tertiary/aromatic N) is 3. The Bertz CT molecular complexity index is 632. The molecule has 1 heterocycles. The number of carboxylic acid groups (broad SMARTS) is 1. The van der Waals surface area contributed by atoms with Gasteiger partial charge in [-0.2, -0.15) is 0 Å². The molecule has 1 aromatic carbocycles. The molecule has 2 rings (SSSR count). The molecule has 0 aliphatic heterocycles. The molecule has 0 radical (unpaired) electrons. The van der Waals surface area contributed by atoms with Gasteiger partial charge in [0, 0.05) is 22.1 Å². The first-order chi connectivity index (χ1) is 8.99. The van der Waals surface area contributed by atoms with Crippen LogP contribution in [0.5, 0.6) is 0 Å². The lowest BCUT2D eigenvalue weighted by Gasteiger charge is -2.05. The van der Waals surface area contributed by atoms with Crippen LogP contribution < -0.4 is 0 Å². The number of benzene rings is 1. The van der Waals surface area contributed by atoms with Crippen LogP contribution in [0.2, 0.25) is 5.02 Å². The summed E-state index contributed by atoms with van der Waals surface area (Å²) in [5.41, 5.74) is 0.849. The van der Waals surface area contributed by atoms with Crippen LogP contribution in [0.1, 0.15) is 0 Å². The fourth-order valence-electron chi connectivity index (χ4n) is 1.47. The van der Waals surface area contributed by atoms with E-state index in [1.54, 1.807) is 23.7 Å². The van der Waals surface area contributed by atoms with Crippen LogP contribution in [-0.4, -0.2) is 31.6 Å². The molecule has 0 unspecified atom stereocenters. The van der Waals surface area contributed by atoms with Gasteiger partial charge in [0.2, 0.25) is 0 Å². The van der Waals surface area contributed by atoms with E-state index in [0.29, 0.717) is 16.0 Å². The molecule has 0 aliphatic carbocycles. The second-order valence-electron chi connectivity index (χ2n) is 3.67. The zero-order valence-corrected chi connectivity index (χ0v) is 13.0. The Morgan fingerprint density at radius 2 is 2.26 bits per heavy atom. The maximum Gasteiger partial charge on any atom is 0.313 e. The minimum atomic E-state index is -0.887. The monoisotopic (exact) mass is 361 g/mol. The molecule has 0 bridgehead atoms. The molecule has 5 nitrogen and oxygen atoms in total. The number of hydrogen-bond donors (Lipinski definition) is 1. The standard InChI is InChI=1S/C11H9BrClN3O2S/c1-16-10(7-3-2-6(13)4-8(7)12)14-15-11(16)19-5-9(17)18/h2-4H,5H2,1H3,(H,17,18). The molecule has 8 heteroatoms. The van der Waals surface area contributed by atoms with E-state index in [4.69, 9.17) is 16.7 Å². The molecule has 1 N–H and O–H groups in total. The van der Waals surface area contributed by atoms with E-state index in [9.17, 15) is 4.79 Å². The lowest BCUT2D eigenvalue weighted by molar-refractivity contribution is -0.133. The van der Waals surface area contributed by atoms with Crippen LogP contribution in [0, 0.1) is 0 Å². The van der Waals surface area contributed by atoms with Crippen molar-refractivity contribution in [2.45, 2.75) is 5.16 Å². The van der Waals surface area contributed by atoms with Crippen LogP contribution in [0.3, 0.4) is 0 Å². The number of carbonyl (C=O) groups is 1. The highest BCUT2D eigenvalue weighted by molar-refractivity contribution is 9.10. The smallest absolute Gasteiger partial charge is 0.313 e. The van der Waals surface area contributed by atoms with Gasteiger partial charge >= 0.3 is 5.97 Å². The van der Waals surface area contributed by atoms with Gasteiger partial charge in [-0.05, 0) is 34.1 Å². The molecular weight excluding hydrogens is 354 g/mol. The normalized spacial score (nSPS) is 10.7. The average Bonchev–Trinajstić information content (AvgIpc) is 2.68. The second kappa shape index (κ2) is 5.94. The van der Waals surface area contributed by atoms with E-state index in [1.807, 2.05) is 6.07 Å². The van der Waals surface area contributed by atoms with Crippen molar-refractivity contribution in [3.63, 3.8) is 0 Å². The van der Waals surface area contributed by atoms with Gasteiger partial charge in [0.15, 0.2) is 11.0 Å². The molecule has 0 spiro atoms. The topological polar surface area (TPSA) is 68.0 Å². The highest BCUT2D eigenvalue weighted by atomic mass is 79.9. The second-order valence-corrected chi connectivity index (χ2v) is 5.91. The van der Waals surface area contributed by atoms with E-state index < -0.39 is 5.97 Å². The van der Waals surface area contributed by atoms with Gasteiger partial charge in [-0.25, -0.2) is 0 Å². The number of rotatable bonds is 4. The van der Waals surface area contributed by atoms with Crippen LogP contribution >= 0.6 is 39.3 Å². The summed E-state index contributed by atoms with van der Waals surface area (Å²) in [5.74, 6) is -0.285. The molecular formula is C11H9BrClN3O2S. The predicted octanol–water partition coefficient (Wildman–Crippen LogP) is 3.07. The summed E-state index contributed by atoms with van der Waals surface area (Å²) in [6.45, 7) is 0. The molecule has 0 fully saturated rings. The van der Waals surface area contributed by atoms with Crippen LogP contribution in [-0.2, 0) is 11.8 Å². The average molecular weight is 363 g/mol. The van der Waals surface area contributed by atoms with Crippen LogP contribution in [0.15, 0.2) is 27.8 Å². The van der Waals surface area contributed by atoms with Gasteiger partial charge in [0.25, 0.3) is 0 Å². The predicted molar refractivity (Wildman–Crippen MR) is 77.5 cm³/mol. The summed E-state index contributed by atoms with van der Waals surface area (Å²) in [4.78, 5) is 10.6. The van der Waals surface area contributed by atoms with Gasteiger partial charge in [-0.1, -0.05) is 23.4 Å². The molecule has 1 aromatic heterocycles. The quantitative estimate of drug-likeness (QED) is 0.847. The van der Waals surface area contributed by atoms with Gasteiger partial charge < -0.3 is 9.67 Å². The van der Waals surface area contributed by atoms with Crippen molar-refractivity contribution >= 4 is 45.3 Å². The van der Waals surface area contributed by atoms with Crippen LogP contribution in [0.4, 0.5) is 0 Å². The summed E-state index contributed by atoms with van der Waals surface area (Å²) in [6, 6.07) is 5.37. The van der Waals surface area contributed by atoms with E-state index in [2.05, 4.69) is 26.1 Å². The van der Waals surface area contributed by atoms with E-state index in [0.717, 1.165) is 21.8 Å². The number of halogens is 2. The fourth-order valence-corrected chi connectivity index (χ4v) is 2.96. The minimum Gasteiger partial charge on any atom is -0.481 e. The highest BCUT2D eigenvalue weighted by Crippen LogP contribution is 2.30. The van der Waals surface area contributed by atoms with Crippen molar-refractivity contribution in [3.8, 4) is 11.4 Å². The summed E-state index contributed by atoms with van der Waals surface area (Å²) < 4.78 is 2.56. The first-order valence-corrected chi connectivity index (χ1v) is 7.34. The van der Waals surface area contributed by atoms with Crippen molar-refractivity contribution in [2.75, 3.05) is 5.75 Å². The van der Waals surface area contributed by atoms with Gasteiger partial charge in [-0.3, -0.25) is 4.79 Å². The maximum atomic E-state index is 10.6. The Morgan fingerprint density at radius 3 is 2.89 bits per heavy atom. The Morgan fingerprint density at radius 1 is 1.53 bits per heavy atom. The zero-order chi connectivity index (χ0) is 14.0. The summed E-state index contributed by atoms with van der Waals surface area (Å²) in [5, 5.41) is 17.9. The van der Waals surface area contributed by atoms with Gasteiger partial charge in [0.1, 0.15) is 0 Å². The van der Waals surface area contributed by atoms with Gasteiger partial charge in [-0.15, -0.1) is 10.2 Å². The SMILES string of the molecule is Cn1c(SCC(=O)O)nnc1-c1ccc(Cl)cc1Br. The number of hydrogen-bond acceptors (Lipinski definition) is 4. The largest absolute Gasteiger partial charge is 0.481 e. The molecule has 0 saturated heterocycles. The maximum absolute atomic E-state index is 10.6. The first-order valence-electron chi connectivity index (χ1n) is 5.18. The van der Waals surface area contributed by atoms with Crippen molar-refractivity contribution < 1.29 is 9.90 Å². The van der Waals surface area contributed by atoms with Crippen molar-refractivity contribution in [2.24, 2.45) is 7.05 Å². The fraction of sp³-hybridized carbons (Fsp3) is 0.182. The zero-order valence-electron chi connectivity index (χ0n) is 9.80. The van der Waals surface area contributed by atoms with E-state index >= 15 is 0 Å². The van der Waals surface area contributed by atoms with Crippen molar-refractivity contribution in [3.05, 3.63) is 27.7 Å². The molecule has 0 saturated carbocycles. The van der Waals surface area contributed by atoms with E-state index in [-0.39, 0.29) is 5.75 Å². The molecule has 0 amide bonds. The lowest BCUT2D eigenvalue weighted by Crippen LogP contribution is -2.01. The van der Waals surface area contributed by atoms with Crippen molar-refractivity contribution in [1.82, 2.24) is 14.8 Å². The Balaban J connectivity index is 2.33. The third-order valence-corrected chi connectivity index (χ3v) is 4.23. The molecule has 0 atom stereocenters. The first kappa shape index (κ1) is 14.4. The summed E-state index contributed by atoms with van der Waals surface area (Å²) in [7, 11) is 1.79. The molecule has 19 heavy (non-hydrogen) atoms. The van der Waals surface area contributed by atoms with Crippen molar-refractivity contribution in [1.29, 1.82) is 0 Å². The van der Waals surface area contributed by atoms with Gasteiger partial charge in [0.05, 0.1) is 5.75 Å². The number of aliphatic carboxylic acids is 1. The Labute approximate surface area is 127 Å². The number of carboxylic acids is 1. The lowest BCUT2D eigenvalue weighted by atomic mass is 10.2. The number of thioether (sulfide) groups is 1. The third kappa shape index (κ3) is 3.29. The highest BCUT2D eigenvalue weighted by Gasteiger charge is 2.14. The molecule has 0 aliphatic rings. The summed E-state index contributed by atoms with van der Waals surface area (Å²) >= 11 is 10.4. The summed E-state index contributed by atoms with van der Waals surface area (Å²) in [6.07, 6.45) is 0. The van der Waals surface area contributed by atoms with E-state index in [1.165, 1.54) is 0 Å². The number of aromatic nitrogens is 3. The molecule has 100 valence electrons. The molecule has 2 aromatic rings. The third-order valence-electron chi connectivity index (χ3n) is 2.33. The Hall–Kier alpha value is -1.05. The minimum absolute atomic E-state index is 0.0479.